The third kappa shape index (κ3) is 1.88. The molecule has 16 heavy (non-hydrogen) atoms. The van der Waals surface area contributed by atoms with Crippen molar-refractivity contribution in [3.05, 3.63) is 45.9 Å². The van der Waals surface area contributed by atoms with Gasteiger partial charge in [0.1, 0.15) is 0 Å². The fourth-order valence-corrected chi connectivity index (χ4v) is 2.16. The topological polar surface area (TPSA) is 52.0 Å². The van der Waals surface area contributed by atoms with E-state index < -0.39 is 0 Å². The van der Waals surface area contributed by atoms with Crippen LogP contribution in [0.5, 0.6) is 0 Å². The van der Waals surface area contributed by atoms with Crippen LogP contribution in [-0.2, 0) is 0 Å². The summed E-state index contributed by atoms with van der Waals surface area (Å²) >= 11 is 9.53. The average Bonchev–Trinajstić information content (AvgIpc) is 2.27. The highest BCUT2D eigenvalue weighted by molar-refractivity contribution is 9.10. The lowest BCUT2D eigenvalue weighted by atomic mass is 10.0. The van der Waals surface area contributed by atoms with Crippen molar-refractivity contribution in [3.63, 3.8) is 0 Å². The smallest absolute Gasteiger partial charge is 0.0554 e. The highest BCUT2D eigenvalue weighted by Crippen LogP contribution is 2.39. The van der Waals surface area contributed by atoms with Gasteiger partial charge in [-0.05, 0) is 34.1 Å². The van der Waals surface area contributed by atoms with Crippen molar-refractivity contribution in [2.24, 2.45) is 0 Å². The predicted octanol–water partition coefficient (Wildman–Crippen LogP) is 3.93. The number of nitrogens with two attached hydrogens (primary N) is 2. The monoisotopic (exact) mass is 296 g/mol. The maximum Gasteiger partial charge on any atom is 0.0554 e. The Hall–Kier alpha value is -1.19. The molecule has 0 bridgehead atoms. The molecule has 0 heterocycles. The molecule has 0 aliphatic heterocycles. The second-order valence-corrected chi connectivity index (χ2v) is 4.67. The number of rotatable bonds is 1. The maximum absolute atomic E-state index is 6.15. The molecule has 2 aromatic carbocycles. The summed E-state index contributed by atoms with van der Waals surface area (Å²) in [6.45, 7) is 0. The van der Waals surface area contributed by atoms with Gasteiger partial charge in [0.2, 0.25) is 0 Å². The van der Waals surface area contributed by atoms with Crippen molar-refractivity contribution >= 4 is 38.9 Å². The Labute approximate surface area is 107 Å². The van der Waals surface area contributed by atoms with E-state index in [1.807, 2.05) is 30.3 Å². The number of benzene rings is 2. The second-order valence-electron chi connectivity index (χ2n) is 3.41. The van der Waals surface area contributed by atoms with Gasteiger partial charge in [-0.2, -0.15) is 0 Å². The Morgan fingerprint density at radius 1 is 1.00 bits per heavy atom. The Morgan fingerprint density at radius 2 is 1.69 bits per heavy atom. The van der Waals surface area contributed by atoms with Crippen LogP contribution in [0.2, 0.25) is 5.02 Å². The summed E-state index contributed by atoms with van der Waals surface area (Å²) in [4.78, 5) is 0. The van der Waals surface area contributed by atoms with Gasteiger partial charge in [0.15, 0.2) is 0 Å². The van der Waals surface area contributed by atoms with E-state index in [2.05, 4.69) is 15.9 Å². The SMILES string of the molecule is Nc1ccccc1-c1c(Cl)ccc(Br)c1N. The van der Waals surface area contributed by atoms with Crippen LogP contribution in [0, 0.1) is 0 Å². The number of halogens is 2. The summed E-state index contributed by atoms with van der Waals surface area (Å²) in [5.41, 5.74) is 14.8. The van der Waals surface area contributed by atoms with Gasteiger partial charge in [-0.25, -0.2) is 0 Å². The van der Waals surface area contributed by atoms with Gasteiger partial charge in [0, 0.05) is 21.3 Å². The molecular formula is C12H10BrClN2. The highest BCUT2D eigenvalue weighted by Gasteiger charge is 2.12. The molecule has 82 valence electrons. The normalized spacial score (nSPS) is 10.4. The number of anilines is 2. The minimum Gasteiger partial charge on any atom is -0.398 e. The number of para-hydroxylation sites is 1. The van der Waals surface area contributed by atoms with Crippen LogP contribution in [0.15, 0.2) is 40.9 Å². The molecule has 0 atom stereocenters. The van der Waals surface area contributed by atoms with Crippen LogP contribution in [0.25, 0.3) is 11.1 Å². The van der Waals surface area contributed by atoms with E-state index in [-0.39, 0.29) is 0 Å². The first-order valence-corrected chi connectivity index (χ1v) is 5.86. The molecule has 0 unspecified atom stereocenters. The van der Waals surface area contributed by atoms with Crippen molar-refractivity contribution in [3.8, 4) is 11.1 Å². The molecule has 4 N–H and O–H groups in total. The Morgan fingerprint density at radius 3 is 2.38 bits per heavy atom. The zero-order chi connectivity index (χ0) is 11.7. The highest BCUT2D eigenvalue weighted by atomic mass is 79.9. The molecule has 0 saturated heterocycles. The molecule has 2 nitrogen and oxygen atoms in total. The molecule has 0 fully saturated rings. The van der Waals surface area contributed by atoms with E-state index in [0.717, 1.165) is 15.6 Å². The van der Waals surface area contributed by atoms with Crippen molar-refractivity contribution in [1.29, 1.82) is 0 Å². The van der Waals surface area contributed by atoms with Crippen LogP contribution in [-0.4, -0.2) is 0 Å². The van der Waals surface area contributed by atoms with Gasteiger partial charge < -0.3 is 11.5 Å². The molecule has 0 saturated carbocycles. The van der Waals surface area contributed by atoms with Crippen molar-refractivity contribution in [2.45, 2.75) is 0 Å². The first-order valence-electron chi connectivity index (χ1n) is 4.69. The molecule has 0 amide bonds. The van der Waals surface area contributed by atoms with E-state index in [9.17, 15) is 0 Å². The zero-order valence-electron chi connectivity index (χ0n) is 8.37. The molecule has 2 rings (SSSR count). The largest absolute Gasteiger partial charge is 0.398 e. The molecule has 4 heteroatoms. The van der Waals surface area contributed by atoms with Crippen LogP contribution < -0.4 is 11.5 Å². The van der Waals surface area contributed by atoms with Gasteiger partial charge in [-0.3, -0.25) is 0 Å². The summed E-state index contributed by atoms with van der Waals surface area (Å²) in [5.74, 6) is 0. The minimum absolute atomic E-state index is 0.596. The standard InChI is InChI=1S/C12H10BrClN2/c13-8-5-6-9(14)11(12(8)16)7-3-1-2-4-10(7)15/h1-6H,15-16H2. The lowest BCUT2D eigenvalue weighted by Gasteiger charge is -2.12. The summed E-state index contributed by atoms with van der Waals surface area (Å²) in [5, 5.41) is 0.596. The third-order valence-electron chi connectivity index (χ3n) is 2.37. The average molecular weight is 298 g/mol. The molecule has 0 aliphatic rings. The van der Waals surface area contributed by atoms with Crippen LogP contribution in [0.1, 0.15) is 0 Å². The predicted molar refractivity (Wildman–Crippen MR) is 73.4 cm³/mol. The number of nitrogen functional groups attached to an aromatic ring is 2. The van der Waals surface area contributed by atoms with Crippen molar-refractivity contribution < 1.29 is 0 Å². The fourth-order valence-electron chi connectivity index (χ4n) is 1.57. The van der Waals surface area contributed by atoms with Crippen molar-refractivity contribution in [1.82, 2.24) is 0 Å². The van der Waals surface area contributed by atoms with E-state index in [0.29, 0.717) is 16.4 Å². The first kappa shape index (κ1) is 11.3. The van der Waals surface area contributed by atoms with Gasteiger partial charge >= 0.3 is 0 Å². The fraction of sp³-hybridized carbons (Fsp3) is 0. The molecule has 2 aromatic rings. The van der Waals surface area contributed by atoms with E-state index in [1.54, 1.807) is 6.07 Å². The third-order valence-corrected chi connectivity index (χ3v) is 3.38. The quantitative estimate of drug-likeness (QED) is 0.784. The lowest BCUT2D eigenvalue weighted by molar-refractivity contribution is 1.58. The van der Waals surface area contributed by atoms with Gasteiger partial charge in [0.05, 0.1) is 10.7 Å². The number of hydrogen-bond donors (Lipinski definition) is 2. The number of hydrogen-bond acceptors (Lipinski definition) is 2. The summed E-state index contributed by atoms with van der Waals surface area (Å²) < 4.78 is 0.815. The molecular weight excluding hydrogens is 288 g/mol. The maximum atomic E-state index is 6.15. The van der Waals surface area contributed by atoms with E-state index in [4.69, 9.17) is 23.1 Å². The Balaban J connectivity index is 2.74. The van der Waals surface area contributed by atoms with Crippen LogP contribution in [0.3, 0.4) is 0 Å². The zero-order valence-corrected chi connectivity index (χ0v) is 10.7. The first-order chi connectivity index (χ1) is 7.61. The molecule has 0 spiro atoms. The Kier molecular flexibility index (Phi) is 3.08. The summed E-state index contributed by atoms with van der Waals surface area (Å²) in [6, 6.07) is 11.1. The molecule has 0 aromatic heterocycles. The lowest BCUT2D eigenvalue weighted by Crippen LogP contribution is -1.96. The van der Waals surface area contributed by atoms with Gasteiger partial charge in [0.25, 0.3) is 0 Å². The minimum atomic E-state index is 0.596. The Bertz CT molecular complexity index is 541. The van der Waals surface area contributed by atoms with Crippen molar-refractivity contribution in [2.75, 3.05) is 11.5 Å². The van der Waals surface area contributed by atoms with E-state index in [1.165, 1.54) is 0 Å². The molecule has 0 aliphatic carbocycles. The second kappa shape index (κ2) is 4.36. The summed E-state index contributed by atoms with van der Waals surface area (Å²) in [6.07, 6.45) is 0. The van der Waals surface area contributed by atoms with Crippen LogP contribution >= 0.6 is 27.5 Å². The van der Waals surface area contributed by atoms with E-state index >= 15 is 0 Å². The van der Waals surface area contributed by atoms with Crippen LogP contribution in [0.4, 0.5) is 11.4 Å². The van der Waals surface area contributed by atoms with Gasteiger partial charge in [-0.15, -0.1) is 0 Å². The molecule has 0 radical (unpaired) electrons. The van der Waals surface area contributed by atoms with Gasteiger partial charge in [-0.1, -0.05) is 29.8 Å². The summed E-state index contributed by atoms with van der Waals surface area (Å²) in [7, 11) is 0.